The van der Waals surface area contributed by atoms with Crippen LogP contribution < -0.4 is 10.5 Å². The van der Waals surface area contributed by atoms with E-state index >= 15 is 0 Å². The van der Waals surface area contributed by atoms with Crippen LogP contribution in [0.15, 0.2) is 30.5 Å². The first-order valence-corrected chi connectivity index (χ1v) is 10.3. The molecule has 2 N–H and O–H groups in total. The Morgan fingerprint density at radius 1 is 1.45 bits per heavy atom. The molecule has 0 unspecified atom stereocenters. The number of aromatic nitrogens is 2. The van der Waals surface area contributed by atoms with Gasteiger partial charge in [0.05, 0.1) is 19.2 Å². The minimum absolute atomic E-state index is 0.0954. The van der Waals surface area contributed by atoms with E-state index in [1.54, 1.807) is 12.1 Å². The number of halogens is 1. The highest BCUT2D eigenvalue weighted by Gasteiger charge is 2.39. The van der Waals surface area contributed by atoms with E-state index in [1.165, 1.54) is 11.3 Å². The Labute approximate surface area is 176 Å². The first kappa shape index (κ1) is 21.6. The molecule has 0 radical (unpaired) electrons. The Balaban J connectivity index is 1.71. The van der Waals surface area contributed by atoms with Crippen LogP contribution in [0.4, 0.5) is 0 Å². The van der Waals surface area contributed by atoms with E-state index in [0.29, 0.717) is 23.9 Å². The molecule has 0 spiro atoms. The third kappa shape index (κ3) is 5.72. The van der Waals surface area contributed by atoms with Crippen LogP contribution in [-0.2, 0) is 22.6 Å². The number of primary amides is 1. The molecule has 158 valence electrons. The number of carbonyl (C=O) groups excluding carboxylic acids is 1. The summed E-state index contributed by atoms with van der Waals surface area (Å²) in [6, 6.07) is 7.18. The average Bonchev–Trinajstić information content (AvgIpc) is 3.00. The van der Waals surface area contributed by atoms with Gasteiger partial charge in [0.1, 0.15) is 18.0 Å². The quantitative estimate of drug-likeness (QED) is 0.674. The van der Waals surface area contributed by atoms with E-state index in [-0.39, 0.29) is 13.0 Å². The molecule has 0 aliphatic carbocycles. The lowest BCUT2D eigenvalue weighted by Crippen LogP contribution is -2.56. The number of rotatable bonds is 9. The zero-order valence-electron chi connectivity index (χ0n) is 17.1. The predicted octanol–water partition coefficient (Wildman–Crippen LogP) is 2.78. The standard InChI is InChI=1S/C21H29ClN4O3/c1-3-7-26-16(2)17(12-24-26)13-25-8-9-29-21(14-25,11-20(23)27)15-28-19-6-4-5-18(22)10-19/h4-6,10,12H,3,7-9,11,13-15H2,1-2H3,(H2,23,27)/t21-/m0/s1. The molecule has 1 saturated heterocycles. The number of aryl methyl sites for hydroxylation is 1. The molecule has 1 aliphatic heterocycles. The van der Waals surface area contributed by atoms with Crippen LogP contribution in [0.25, 0.3) is 0 Å². The molecule has 1 amide bonds. The molecule has 2 heterocycles. The van der Waals surface area contributed by atoms with Crippen molar-refractivity contribution in [2.24, 2.45) is 5.73 Å². The first-order chi connectivity index (χ1) is 13.9. The number of nitrogens with two attached hydrogens (primary N) is 1. The van der Waals surface area contributed by atoms with Crippen molar-refractivity contribution in [3.05, 3.63) is 46.7 Å². The molecule has 0 bridgehead atoms. The second-order valence-electron chi connectivity index (χ2n) is 7.61. The molecule has 1 aromatic heterocycles. The van der Waals surface area contributed by atoms with Crippen molar-refractivity contribution in [3.63, 3.8) is 0 Å². The minimum atomic E-state index is -0.792. The molecular weight excluding hydrogens is 392 g/mol. The van der Waals surface area contributed by atoms with Crippen LogP contribution in [0, 0.1) is 6.92 Å². The van der Waals surface area contributed by atoms with Crippen LogP contribution in [0.5, 0.6) is 5.75 Å². The summed E-state index contributed by atoms with van der Waals surface area (Å²) in [5.74, 6) is 0.229. The maximum atomic E-state index is 11.8. The normalized spacial score (nSPS) is 20.0. The lowest BCUT2D eigenvalue weighted by atomic mass is 9.97. The van der Waals surface area contributed by atoms with Crippen LogP contribution >= 0.6 is 11.6 Å². The summed E-state index contributed by atoms with van der Waals surface area (Å²) in [5, 5.41) is 5.08. The van der Waals surface area contributed by atoms with Gasteiger partial charge in [0.15, 0.2) is 0 Å². The average molecular weight is 421 g/mol. The van der Waals surface area contributed by atoms with Gasteiger partial charge in [0.25, 0.3) is 0 Å². The highest BCUT2D eigenvalue weighted by Crippen LogP contribution is 2.26. The lowest BCUT2D eigenvalue weighted by Gasteiger charge is -2.42. The minimum Gasteiger partial charge on any atom is -0.490 e. The van der Waals surface area contributed by atoms with E-state index in [2.05, 4.69) is 23.8 Å². The fourth-order valence-electron chi connectivity index (χ4n) is 3.71. The van der Waals surface area contributed by atoms with Gasteiger partial charge >= 0.3 is 0 Å². The monoisotopic (exact) mass is 420 g/mol. The van der Waals surface area contributed by atoms with Crippen molar-refractivity contribution in [3.8, 4) is 5.75 Å². The molecule has 1 fully saturated rings. The van der Waals surface area contributed by atoms with Crippen molar-refractivity contribution in [2.75, 3.05) is 26.3 Å². The Morgan fingerprint density at radius 3 is 3.00 bits per heavy atom. The SMILES string of the molecule is CCCn1ncc(CN2CCO[C@@](COc3cccc(Cl)c3)(CC(N)=O)C2)c1C. The molecule has 1 aromatic carbocycles. The first-order valence-electron chi connectivity index (χ1n) is 9.95. The Morgan fingerprint density at radius 2 is 2.28 bits per heavy atom. The fraction of sp³-hybridized carbons (Fsp3) is 0.524. The van der Waals surface area contributed by atoms with E-state index in [1.807, 2.05) is 23.0 Å². The summed E-state index contributed by atoms with van der Waals surface area (Å²) in [7, 11) is 0. The smallest absolute Gasteiger partial charge is 0.220 e. The van der Waals surface area contributed by atoms with Gasteiger partial charge in [-0.1, -0.05) is 24.6 Å². The largest absolute Gasteiger partial charge is 0.490 e. The summed E-state index contributed by atoms with van der Waals surface area (Å²) < 4.78 is 14.0. The number of hydrogen-bond acceptors (Lipinski definition) is 5. The molecule has 2 aromatic rings. The summed E-state index contributed by atoms with van der Waals surface area (Å²) in [6.45, 7) is 7.95. The van der Waals surface area contributed by atoms with Gasteiger partial charge in [-0.3, -0.25) is 14.4 Å². The highest BCUT2D eigenvalue weighted by atomic mass is 35.5. The maximum Gasteiger partial charge on any atom is 0.220 e. The lowest BCUT2D eigenvalue weighted by molar-refractivity contribution is -0.148. The molecule has 29 heavy (non-hydrogen) atoms. The van der Waals surface area contributed by atoms with Gasteiger partial charge in [-0.05, 0) is 31.5 Å². The van der Waals surface area contributed by atoms with Gasteiger partial charge in [-0.2, -0.15) is 5.10 Å². The number of nitrogens with zero attached hydrogens (tertiary/aromatic N) is 3. The number of morpholine rings is 1. The molecule has 0 saturated carbocycles. The van der Waals surface area contributed by atoms with Gasteiger partial charge in [0, 0.05) is 42.5 Å². The number of benzene rings is 1. The fourth-order valence-corrected chi connectivity index (χ4v) is 3.89. The predicted molar refractivity (Wildman–Crippen MR) is 112 cm³/mol. The van der Waals surface area contributed by atoms with Gasteiger partial charge in [-0.25, -0.2) is 0 Å². The molecule has 8 heteroatoms. The molecular formula is C21H29ClN4O3. The van der Waals surface area contributed by atoms with E-state index < -0.39 is 11.5 Å². The van der Waals surface area contributed by atoms with Crippen LogP contribution in [-0.4, -0.2) is 52.5 Å². The van der Waals surface area contributed by atoms with Crippen molar-refractivity contribution in [1.29, 1.82) is 0 Å². The van der Waals surface area contributed by atoms with Gasteiger partial charge in [-0.15, -0.1) is 0 Å². The van der Waals surface area contributed by atoms with E-state index in [0.717, 1.165) is 26.1 Å². The Hall–Kier alpha value is -2.09. The van der Waals surface area contributed by atoms with Crippen molar-refractivity contribution < 1.29 is 14.3 Å². The number of ether oxygens (including phenoxy) is 2. The molecule has 7 nitrogen and oxygen atoms in total. The molecule has 1 aliphatic rings. The summed E-state index contributed by atoms with van der Waals surface area (Å²) in [6.07, 6.45) is 3.07. The summed E-state index contributed by atoms with van der Waals surface area (Å²) >= 11 is 6.04. The zero-order chi connectivity index (χ0) is 20.9. The molecule has 1 atom stereocenters. The number of hydrogen-bond donors (Lipinski definition) is 1. The zero-order valence-corrected chi connectivity index (χ0v) is 17.8. The third-order valence-corrected chi connectivity index (χ3v) is 5.39. The summed E-state index contributed by atoms with van der Waals surface area (Å²) in [5.41, 5.74) is 7.10. The second kappa shape index (κ2) is 9.61. The molecule has 3 rings (SSSR count). The Bertz CT molecular complexity index is 841. The van der Waals surface area contributed by atoms with Crippen LogP contribution in [0.3, 0.4) is 0 Å². The second-order valence-corrected chi connectivity index (χ2v) is 8.05. The van der Waals surface area contributed by atoms with Crippen molar-refractivity contribution >= 4 is 17.5 Å². The summed E-state index contributed by atoms with van der Waals surface area (Å²) in [4.78, 5) is 14.0. The maximum absolute atomic E-state index is 11.8. The number of amides is 1. The van der Waals surface area contributed by atoms with Crippen LogP contribution in [0.2, 0.25) is 5.02 Å². The van der Waals surface area contributed by atoms with Crippen molar-refractivity contribution in [1.82, 2.24) is 14.7 Å². The van der Waals surface area contributed by atoms with E-state index in [4.69, 9.17) is 26.8 Å². The van der Waals surface area contributed by atoms with E-state index in [9.17, 15) is 4.79 Å². The third-order valence-electron chi connectivity index (χ3n) is 5.16. The topological polar surface area (TPSA) is 82.6 Å². The Kier molecular flexibility index (Phi) is 7.16. The van der Waals surface area contributed by atoms with Crippen molar-refractivity contribution in [2.45, 2.75) is 45.4 Å². The van der Waals surface area contributed by atoms with Gasteiger partial charge in [0.2, 0.25) is 5.91 Å². The van der Waals surface area contributed by atoms with Gasteiger partial charge < -0.3 is 15.2 Å². The van der Waals surface area contributed by atoms with Crippen LogP contribution in [0.1, 0.15) is 31.0 Å². The highest BCUT2D eigenvalue weighted by molar-refractivity contribution is 6.30. The number of carbonyl (C=O) groups is 1.